The van der Waals surface area contributed by atoms with Gasteiger partial charge in [-0.1, -0.05) is 0 Å². The van der Waals surface area contributed by atoms with Crippen LogP contribution in [0.2, 0.25) is 0 Å². The van der Waals surface area contributed by atoms with E-state index in [0.717, 1.165) is 6.42 Å². The summed E-state index contributed by atoms with van der Waals surface area (Å²) in [5.41, 5.74) is 0. The van der Waals surface area contributed by atoms with E-state index in [1.807, 2.05) is 0 Å². The van der Waals surface area contributed by atoms with Crippen LogP contribution in [0.15, 0.2) is 0 Å². The summed E-state index contributed by atoms with van der Waals surface area (Å²) in [7, 11) is 0. The van der Waals surface area contributed by atoms with Gasteiger partial charge in [0.15, 0.2) is 0 Å². The molecule has 2 heterocycles. The molecule has 104 valence electrons. The van der Waals surface area contributed by atoms with Crippen molar-refractivity contribution >= 4 is 17.9 Å². The van der Waals surface area contributed by atoms with Gasteiger partial charge in [0, 0.05) is 5.92 Å². The second-order valence-corrected chi connectivity index (χ2v) is 7.48. The molecule has 10 atom stereocenters. The Balaban J connectivity index is 1.41. The van der Waals surface area contributed by atoms with E-state index in [0.29, 0.717) is 48.0 Å². The van der Waals surface area contributed by atoms with Crippen molar-refractivity contribution in [2.75, 3.05) is 6.61 Å². The number of fused-ring (bicyclic) bond motifs is 14. The van der Waals surface area contributed by atoms with E-state index in [2.05, 4.69) is 0 Å². The first-order valence-corrected chi connectivity index (χ1v) is 7.60. The van der Waals surface area contributed by atoms with Gasteiger partial charge >= 0.3 is 17.9 Å². The highest BCUT2D eigenvalue weighted by molar-refractivity contribution is 5.98. The number of rotatable bonds is 0. The highest BCUT2D eigenvalue weighted by Gasteiger charge is 2.80. The first-order chi connectivity index (χ1) is 9.68. The van der Waals surface area contributed by atoms with Gasteiger partial charge in [0.25, 0.3) is 0 Å². The number of hydrogen-bond acceptors (Lipinski definition) is 5. The van der Waals surface area contributed by atoms with Gasteiger partial charge in [0.1, 0.15) is 0 Å². The van der Waals surface area contributed by atoms with Gasteiger partial charge in [-0.2, -0.15) is 0 Å². The zero-order valence-electron chi connectivity index (χ0n) is 10.7. The maximum atomic E-state index is 11.8. The van der Waals surface area contributed by atoms with Crippen LogP contribution in [0.1, 0.15) is 6.42 Å². The predicted molar refractivity (Wildman–Crippen MR) is 61.6 cm³/mol. The molecule has 6 fully saturated rings. The third-order valence-electron chi connectivity index (χ3n) is 7.43. The Morgan fingerprint density at radius 3 is 2.00 bits per heavy atom. The number of carbonyl (C=O) groups is 3. The maximum Gasteiger partial charge on any atom is 0.317 e. The summed E-state index contributed by atoms with van der Waals surface area (Å²) in [6.45, 7) is 0.572. The highest BCUT2D eigenvalue weighted by Crippen LogP contribution is 2.78. The van der Waals surface area contributed by atoms with E-state index in [1.54, 1.807) is 0 Å². The first-order valence-electron chi connectivity index (χ1n) is 7.60. The molecule has 4 aliphatic carbocycles. The molecule has 2 saturated heterocycles. The number of cyclic esters (lactones) is 3. The average molecular weight is 274 g/mol. The summed E-state index contributed by atoms with van der Waals surface area (Å²) < 4.78 is 10.1. The molecule has 0 aromatic rings. The fourth-order valence-electron chi connectivity index (χ4n) is 7.09. The topological polar surface area (TPSA) is 69.7 Å². The Kier molecular flexibility index (Phi) is 1.45. The summed E-state index contributed by atoms with van der Waals surface area (Å²) in [6.07, 6.45) is 1.11. The molecule has 10 unspecified atom stereocenters. The fourth-order valence-corrected chi connectivity index (χ4v) is 7.09. The van der Waals surface area contributed by atoms with Crippen LogP contribution in [0.5, 0.6) is 0 Å². The van der Waals surface area contributed by atoms with Crippen LogP contribution in [0.4, 0.5) is 0 Å². The van der Waals surface area contributed by atoms with Crippen LogP contribution < -0.4 is 0 Å². The van der Waals surface area contributed by atoms with E-state index >= 15 is 0 Å². The molecule has 6 rings (SSSR count). The molecule has 20 heavy (non-hydrogen) atoms. The van der Waals surface area contributed by atoms with Crippen molar-refractivity contribution in [3.63, 3.8) is 0 Å². The highest BCUT2D eigenvalue weighted by atomic mass is 16.6. The minimum Gasteiger partial charge on any atom is -0.465 e. The molecule has 4 saturated carbocycles. The van der Waals surface area contributed by atoms with E-state index < -0.39 is 0 Å². The van der Waals surface area contributed by atoms with Gasteiger partial charge in [-0.25, -0.2) is 0 Å². The molecule has 0 aromatic heterocycles. The molecule has 5 heteroatoms. The van der Waals surface area contributed by atoms with Gasteiger partial charge < -0.3 is 9.47 Å². The summed E-state index contributed by atoms with van der Waals surface area (Å²) >= 11 is 0. The lowest BCUT2D eigenvalue weighted by molar-refractivity contribution is -0.174. The van der Waals surface area contributed by atoms with Crippen molar-refractivity contribution in [1.29, 1.82) is 0 Å². The summed E-state index contributed by atoms with van der Waals surface area (Å²) in [6, 6.07) is 0. The van der Waals surface area contributed by atoms with E-state index in [4.69, 9.17) is 9.47 Å². The number of carbonyl (C=O) groups excluding carboxylic acids is 3. The molecule has 0 aromatic carbocycles. The summed E-state index contributed by atoms with van der Waals surface area (Å²) in [5.74, 6) is 2.08. The third-order valence-corrected chi connectivity index (χ3v) is 7.43. The Hall–Kier alpha value is -1.39. The van der Waals surface area contributed by atoms with Crippen molar-refractivity contribution in [3.8, 4) is 0 Å². The molecule has 0 radical (unpaired) electrons. The Morgan fingerprint density at radius 2 is 1.30 bits per heavy atom. The van der Waals surface area contributed by atoms with Crippen LogP contribution in [0.3, 0.4) is 0 Å². The number of hydrogen-bond donors (Lipinski definition) is 0. The molecule has 2 bridgehead atoms. The van der Waals surface area contributed by atoms with Crippen molar-refractivity contribution in [2.45, 2.75) is 6.42 Å². The summed E-state index contributed by atoms with van der Waals surface area (Å²) in [4.78, 5) is 35.5. The standard InChI is InChI=1S/C15H14O5/c16-13-10-5(2-19-13)6-3-1-4(7(6)10)9-8(3)11-12(9)15(18)20-14(11)17/h3-12H,1-2H2. The van der Waals surface area contributed by atoms with Crippen LogP contribution in [0.25, 0.3) is 0 Å². The average Bonchev–Trinajstić information content (AvgIpc) is 2.92. The molecule has 2 aliphatic heterocycles. The lowest BCUT2D eigenvalue weighted by Gasteiger charge is -2.59. The molecule has 5 nitrogen and oxygen atoms in total. The molecule has 0 amide bonds. The quantitative estimate of drug-likeness (QED) is 0.359. The fraction of sp³-hybridized carbons (Fsp3) is 0.800. The van der Waals surface area contributed by atoms with E-state index in [1.165, 1.54) is 0 Å². The van der Waals surface area contributed by atoms with E-state index in [9.17, 15) is 14.4 Å². The van der Waals surface area contributed by atoms with Crippen molar-refractivity contribution in [1.82, 2.24) is 0 Å². The smallest absolute Gasteiger partial charge is 0.317 e. The molecule has 0 spiro atoms. The zero-order chi connectivity index (χ0) is 13.3. The Bertz CT molecular complexity index is 597. The third kappa shape index (κ3) is 0.789. The number of esters is 3. The zero-order valence-corrected chi connectivity index (χ0v) is 10.7. The van der Waals surface area contributed by atoms with Crippen LogP contribution in [-0.4, -0.2) is 24.5 Å². The maximum absolute atomic E-state index is 11.8. The van der Waals surface area contributed by atoms with Gasteiger partial charge in [-0.05, 0) is 41.9 Å². The lowest BCUT2D eigenvalue weighted by Crippen LogP contribution is -2.62. The largest absolute Gasteiger partial charge is 0.465 e. The predicted octanol–water partition coefficient (Wildman–Crippen LogP) is 0.233. The lowest BCUT2D eigenvalue weighted by atomic mass is 9.41. The van der Waals surface area contributed by atoms with Crippen LogP contribution >= 0.6 is 0 Å². The van der Waals surface area contributed by atoms with Gasteiger partial charge in [-0.3, -0.25) is 14.4 Å². The van der Waals surface area contributed by atoms with Crippen LogP contribution in [0, 0.1) is 59.2 Å². The summed E-state index contributed by atoms with van der Waals surface area (Å²) in [5, 5.41) is 0. The number of ether oxygens (including phenoxy) is 2. The second kappa shape index (κ2) is 2.81. The first kappa shape index (κ1) is 10.4. The van der Waals surface area contributed by atoms with Crippen molar-refractivity contribution in [2.24, 2.45) is 59.2 Å². The molecule has 6 aliphatic rings. The monoisotopic (exact) mass is 274 g/mol. The van der Waals surface area contributed by atoms with Gasteiger partial charge in [0.2, 0.25) is 0 Å². The molecular formula is C15H14O5. The van der Waals surface area contributed by atoms with Crippen LogP contribution in [-0.2, 0) is 23.9 Å². The normalized spacial score (nSPS) is 63.7. The molecule has 0 N–H and O–H groups in total. The minimum absolute atomic E-state index is 0.0266. The Labute approximate surface area is 115 Å². The van der Waals surface area contributed by atoms with Crippen molar-refractivity contribution < 1.29 is 23.9 Å². The van der Waals surface area contributed by atoms with Gasteiger partial charge in [-0.15, -0.1) is 0 Å². The molecular weight excluding hydrogens is 260 g/mol. The van der Waals surface area contributed by atoms with Gasteiger partial charge in [0.05, 0.1) is 24.4 Å². The second-order valence-electron chi connectivity index (χ2n) is 7.48. The van der Waals surface area contributed by atoms with E-state index in [-0.39, 0.29) is 35.7 Å². The Morgan fingerprint density at radius 1 is 0.700 bits per heavy atom. The van der Waals surface area contributed by atoms with Crippen molar-refractivity contribution in [3.05, 3.63) is 0 Å². The SMILES string of the molecule is O=C1OCC2C1C1C3CC(C21)C1C2C(=O)OC(=O)C2C31. The minimum atomic E-state index is -0.310.